The van der Waals surface area contributed by atoms with E-state index in [1.807, 2.05) is 24.4 Å². The second kappa shape index (κ2) is 4.53. The van der Waals surface area contributed by atoms with E-state index in [4.69, 9.17) is 0 Å². The Balaban J connectivity index is 1.95. The lowest BCUT2D eigenvalue weighted by Gasteiger charge is -2.29. The molecule has 0 amide bonds. The van der Waals surface area contributed by atoms with Gasteiger partial charge in [-0.1, -0.05) is 0 Å². The monoisotopic (exact) mass is 274 g/mol. The number of nitrogens with zero attached hydrogens (tertiary/aromatic N) is 3. The Morgan fingerprint density at radius 3 is 2.75 bits per heavy atom. The third-order valence-electron chi connectivity index (χ3n) is 4.19. The highest BCUT2D eigenvalue weighted by molar-refractivity contribution is 5.47. The summed E-state index contributed by atoms with van der Waals surface area (Å²) in [5, 5.41) is 13.8. The first kappa shape index (κ1) is 13.5. The molecule has 3 rings (SSSR count). The van der Waals surface area contributed by atoms with Crippen molar-refractivity contribution in [2.24, 2.45) is 5.92 Å². The second-order valence-electron chi connectivity index (χ2n) is 6.40. The first-order chi connectivity index (χ1) is 9.38. The zero-order valence-corrected chi connectivity index (χ0v) is 12.5. The first-order valence-electron chi connectivity index (χ1n) is 7.15. The fourth-order valence-electron chi connectivity index (χ4n) is 2.77. The van der Waals surface area contributed by atoms with E-state index in [0.29, 0.717) is 11.6 Å². The standard InChI is InChI=1S/C15H22N4O/c1-9-8-19-10(2)7-16-12(13(19)17-9)14(20)18-15(3,4)11-5-6-11/h7-8,11,14,18,20H,5-6H2,1-4H3. The number of fused-ring (bicyclic) bond motifs is 1. The normalized spacial score (nSPS) is 17.6. The summed E-state index contributed by atoms with van der Waals surface area (Å²) in [6, 6.07) is 0. The van der Waals surface area contributed by atoms with Crippen molar-refractivity contribution in [1.29, 1.82) is 0 Å². The number of aliphatic hydroxyl groups is 1. The molecule has 5 heteroatoms. The van der Waals surface area contributed by atoms with Gasteiger partial charge >= 0.3 is 0 Å². The summed E-state index contributed by atoms with van der Waals surface area (Å²) in [4.78, 5) is 8.87. The van der Waals surface area contributed by atoms with Gasteiger partial charge in [-0.2, -0.15) is 0 Å². The number of aromatic nitrogens is 3. The van der Waals surface area contributed by atoms with Crippen LogP contribution in [0.15, 0.2) is 12.4 Å². The number of hydrogen-bond acceptors (Lipinski definition) is 4. The lowest BCUT2D eigenvalue weighted by Crippen LogP contribution is -2.44. The van der Waals surface area contributed by atoms with E-state index >= 15 is 0 Å². The number of rotatable bonds is 4. The van der Waals surface area contributed by atoms with Crippen molar-refractivity contribution < 1.29 is 5.11 Å². The molecule has 1 aliphatic carbocycles. The molecule has 20 heavy (non-hydrogen) atoms. The SMILES string of the molecule is Cc1cn2c(C)cnc(C(O)NC(C)(C)C3CC3)c2n1. The molecule has 2 N–H and O–H groups in total. The van der Waals surface area contributed by atoms with E-state index in [-0.39, 0.29) is 5.54 Å². The number of imidazole rings is 1. The van der Waals surface area contributed by atoms with Gasteiger partial charge in [0, 0.05) is 23.6 Å². The molecule has 1 fully saturated rings. The Hall–Kier alpha value is -1.46. The highest BCUT2D eigenvalue weighted by Gasteiger charge is 2.39. The fourth-order valence-corrected chi connectivity index (χ4v) is 2.77. The topological polar surface area (TPSA) is 62.5 Å². The second-order valence-corrected chi connectivity index (χ2v) is 6.40. The minimum Gasteiger partial charge on any atom is -0.372 e. The third-order valence-corrected chi connectivity index (χ3v) is 4.19. The van der Waals surface area contributed by atoms with E-state index < -0.39 is 6.23 Å². The van der Waals surface area contributed by atoms with Crippen LogP contribution in [0, 0.1) is 19.8 Å². The van der Waals surface area contributed by atoms with Crippen molar-refractivity contribution >= 4 is 5.65 Å². The van der Waals surface area contributed by atoms with Gasteiger partial charge in [-0.25, -0.2) is 4.98 Å². The molecule has 5 nitrogen and oxygen atoms in total. The average molecular weight is 274 g/mol. The summed E-state index contributed by atoms with van der Waals surface area (Å²) in [6.07, 6.45) is 5.40. The van der Waals surface area contributed by atoms with Gasteiger partial charge in [-0.05, 0) is 46.5 Å². The van der Waals surface area contributed by atoms with Gasteiger partial charge in [-0.3, -0.25) is 10.3 Å². The molecule has 108 valence electrons. The van der Waals surface area contributed by atoms with E-state index in [1.165, 1.54) is 12.8 Å². The predicted octanol–water partition coefficient (Wildman–Crippen LogP) is 2.12. The Labute approximate surface area is 119 Å². The van der Waals surface area contributed by atoms with Crippen LogP contribution in [0.1, 0.15) is 50.0 Å². The Kier molecular flexibility index (Phi) is 3.06. The largest absolute Gasteiger partial charge is 0.372 e. The molecule has 1 aliphatic rings. The van der Waals surface area contributed by atoms with Crippen LogP contribution in [0.3, 0.4) is 0 Å². The van der Waals surface area contributed by atoms with Gasteiger partial charge in [0.1, 0.15) is 5.69 Å². The molecular formula is C15H22N4O. The third kappa shape index (κ3) is 2.31. The molecule has 0 saturated heterocycles. The molecule has 1 unspecified atom stereocenters. The van der Waals surface area contributed by atoms with Crippen LogP contribution in [-0.4, -0.2) is 25.0 Å². The van der Waals surface area contributed by atoms with E-state index in [1.54, 1.807) is 6.20 Å². The van der Waals surface area contributed by atoms with Crippen LogP contribution in [0.25, 0.3) is 5.65 Å². The zero-order chi connectivity index (χ0) is 14.5. The molecule has 1 saturated carbocycles. The lowest BCUT2D eigenvalue weighted by atomic mass is 9.98. The van der Waals surface area contributed by atoms with Crippen LogP contribution in [0.2, 0.25) is 0 Å². The van der Waals surface area contributed by atoms with Crippen LogP contribution < -0.4 is 5.32 Å². The van der Waals surface area contributed by atoms with Crippen molar-refractivity contribution in [1.82, 2.24) is 19.7 Å². The maximum absolute atomic E-state index is 10.5. The van der Waals surface area contributed by atoms with Gasteiger partial charge in [0.05, 0.1) is 5.69 Å². The number of aliphatic hydroxyl groups excluding tert-OH is 1. The highest BCUT2D eigenvalue weighted by atomic mass is 16.3. The Morgan fingerprint density at radius 1 is 1.40 bits per heavy atom. The summed E-state index contributed by atoms with van der Waals surface area (Å²) >= 11 is 0. The van der Waals surface area contributed by atoms with Gasteiger partial charge in [0.2, 0.25) is 0 Å². The minimum absolute atomic E-state index is 0.0788. The number of aryl methyl sites for hydroxylation is 2. The quantitative estimate of drug-likeness (QED) is 0.838. The summed E-state index contributed by atoms with van der Waals surface area (Å²) in [6.45, 7) is 8.20. The van der Waals surface area contributed by atoms with Gasteiger partial charge in [0.25, 0.3) is 0 Å². The highest BCUT2D eigenvalue weighted by Crippen LogP contribution is 2.40. The minimum atomic E-state index is -0.796. The Morgan fingerprint density at radius 2 is 2.10 bits per heavy atom. The van der Waals surface area contributed by atoms with Crippen LogP contribution in [0.4, 0.5) is 0 Å². The molecule has 0 radical (unpaired) electrons. The van der Waals surface area contributed by atoms with Crippen molar-refractivity contribution in [3.05, 3.63) is 29.5 Å². The number of nitrogens with one attached hydrogen (secondary N) is 1. The maximum atomic E-state index is 10.5. The lowest BCUT2D eigenvalue weighted by molar-refractivity contribution is 0.0909. The van der Waals surface area contributed by atoms with Crippen LogP contribution in [-0.2, 0) is 0 Å². The van der Waals surface area contributed by atoms with Crippen molar-refractivity contribution in [2.45, 2.75) is 52.3 Å². The zero-order valence-electron chi connectivity index (χ0n) is 12.5. The molecule has 0 aliphatic heterocycles. The van der Waals surface area contributed by atoms with Gasteiger partial charge in [0.15, 0.2) is 11.9 Å². The molecule has 0 bridgehead atoms. The van der Waals surface area contributed by atoms with Gasteiger partial charge in [-0.15, -0.1) is 0 Å². The summed E-state index contributed by atoms with van der Waals surface area (Å²) in [5.41, 5.74) is 3.19. The average Bonchev–Trinajstić information content (AvgIpc) is 3.13. The maximum Gasteiger partial charge on any atom is 0.163 e. The number of hydrogen-bond donors (Lipinski definition) is 2. The van der Waals surface area contributed by atoms with Gasteiger partial charge < -0.3 is 9.51 Å². The van der Waals surface area contributed by atoms with E-state index in [0.717, 1.165) is 17.0 Å². The van der Waals surface area contributed by atoms with Crippen LogP contribution >= 0.6 is 0 Å². The van der Waals surface area contributed by atoms with Crippen molar-refractivity contribution in [3.8, 4) is 0 Å². The summed E-state index contributed by atoms with van der Waals surface area (Å²) < 4.78 is 1.98. The summed E-state index contributed by atoms with van der Waals surface area (Å²) in [7, 11) is 0. The smallest absolute Gasteiger partial charge is 0.163 e. The molecule has 1 atom stereocenters. The van der Waals surface area contributed by atoms with Crippen LogP contribution in [0.5, 0.6) is 0 Å². The molecular weight excluding hydrogens is 252 g/mol. The molecule has 2 aromatic rings. The Bertz CT molecular complexity index is 643. The summed E-state index contributed by atoms with van der Waals surface area (Å²) in [5.74, 6) is 0.639. The molecule has 2 aromatic heterocycles. The van der Waals surface area contributed by atoms with Crippen molar-refractivity contribution in [2.75, 3.05) is 0 Å². The first-order valence-corrected chi connectivity index (χ1v) is 7.15. The predicted molar refractivity (Wildman–Crippen MR) is 77.4 cm³/mol. The molecule has 0 aromatic carbocycles. The van der Waals surface area contributed by atoms with E-state index in [2.05, 4.69) is 29.1 Å². The van der Waals surface area contributed by atoms with E-state index in [9.17, 15) is 5.11 Å². The fraction of sp³-hybridized carbons (Fsp3) is 0.600. The van der Waals surface area contributed by atoms with Crippen molar-refractivity contribution in [3.63, 3.8) is 0 Å². The molecule has 2 heterocycles. The molecule has 0 spiro atoms.